The first-order valence-corrected chi connectivity index (χ1v) is 7.36. The van der Waals surface area contributed by atoms with Crippen molar-refractivity contribution in [2.45, 2.75) is 18.6 Å². The lowest BCUT2D eigenvalue weighted by Gasteiger charge is -2.40. The van der Waals surface area contributed by atoms with Crippen LogP contribution in [0.1, 0.15) is 12.8 Å². The Morgan fingerprint density at radius 1 is 1.35 bits per heavy atom. The second-order valence-corrected chi connectivity index (χ2v) is 5.88. The van der Waals surface area contributed by atoms with Crippen molar-refractivity contribution in [3.05, 3.63) is 32.8 Å². The molecular weight excluding hydrogens is 328 g/mol. The highest BCUT2D eigenvalue weighted by atomic mass is 79.9. The maximum Gasteiger partial charge on any atom is 0.270 e. The molecule has 6 nitrogen and oxygen atoms in total. The van der Waals surface area contributed by atoms with Gasteiger partial charge in [-0.3, -0.25) is 10.1 Å². The molecule has 2 heterocycles. The van der Waals surface area contributed by atoms with Crippen LogP contribution >= 0.6 is 15.9 Å². The third-order valence-electron chi connectivity index (χ3n) is 3.71. The van der Waals surface area contributed by atoms with Crippen LogP contribution in [0, 0.1) is 10.1 Å². The maximum atomic E-state index is 10.8. The standard InChI is InChI=1S/C13H15BrN2O4/c14-11-8-10(16(17)18)2-3-12(11)15-5-1-4-13(9-15)19-6-7-20-13/h2-3,8H,1,4-7,9H2. The predicted octanol–water partition coefficient (Wildman–Crippen LogP) is 2.70. The Bertz CT molecular complexity index is 531. The minimum atomic E-state index is -0.501. The Labute approximate surface area is 124 Å². The number of hydrogen-bond donors (Lipinski definition) is 0. The van der Waals surface area contributed by atoms with Gasteiger partial charge in [0.05, 0.1) is 30.4 Å². The molecule has 2 saturated heterocycles. The smallest absolute Gasteiger partial charge is 0.270 e. The molecule has 1 aromatic rings. The maximum absolute atomic E-state index is 10.8. The predicted molar refractivity (Wildman–Crippen MR) is 76.9 cm³/mol. The third kappa shape index (κ3) is 2.53. The minimum Gasteiger partial charge on any atom is -0.365 e. The average Bonchev–Trinajstić information content (AvgIpc) is 2.86. The van der Waals surface area contributed by atoms with Gasteiger partial charge < -0.3 is 14.4 Å². The van der Waals surface area contributed by atoms with Crippen LogP contribution in [-0.4, -0.2) is 37.0 Å². The van der Waals surface area contributed by atoms with Gasteiger partial charge in [-0.2, -0.15) is 0 Å². The van der Waals surface area contributed by atoms with Gasteiger partial charge in [-0.1, -0.05) is 0 Å². The number of halogens is 1. The zero-order valence-electron chi connectivity index (χ0n) is 10.9. The van der Waals surface area contributed by atoms with Crippen molar-refractivity contribution in [2.24, 2.45) is 0 Å². The van der Waals surface area contributed by atoms with E-state index in [2.05, 4.69) is 20.8 Å². The second-order valence-electron chi connectivity index (χ2n) is 5.03. The summed E-state index contributed by atoms with van der Waals surface area (Å²) in [6.45, 7) is 2.82. The Morgan fingerprint density at radius 2 is 2.10 bits per heavy atom. The number of nitro benzene ring substituents is 1. The fourth-order valence-corrected chi connectivity index (χ4v) is 3.41. The lowest BCUT2D eigenvalue weighted by Crippen LogP contribution is -2.49. The van der Waals surface area contributed by atoms with Crippen LogP contribution in [0.2, 0.25) is 0 Å². The van der Waals surface area contributed by atoms with Crippen molar-refractivity contribution in [3.63, 3.8) is 0 Å². The molecule has 0 aliphatic carbocycles. The molecule has 1 spiro atoms. The van der Waals surface area contributed by atoms with E-state index in [0.717, 1.165) is 29.5 Å². The summed E-state index contributed by atoms with van der Waals surface area (Å²) in [6, 6.07) is 4.83. The van der Waals surface area contributed by atoms with Gasteiger partial charge in [-0.05, 0) is 28.4 Å². The van der Waals surface area contributed by atoms with Crippen LogP contribution in [0.5, 0.6) is 0 Å². The third-order valence-corrected chi connectivity index (χ3v) is 4.35. The van der Waals surface area contributed by atoms with E-state index in [1.54, 1.807) is 6.07 Å². The normalized spacial score (nSPS) is 21.4. The van der Waals surface area contributed by atoms with Crippen LogP contribution in [0.3, 0.4) is 0 Å². The number of piperidine rings is 1. The molecule has 0 bridgehead atoms. The molecule has 7 heteroatoms. The molecule has 0 unspecified atom stereocenters. The molecule has 0 amide bonds. The molecule has 0 saturated carbocycles. The minimum absolute atomic E-state index is 0.0840. The lowest BCUT2D eigenvalue weighted by atomic mass is 10.0. The number of rotatable bonds is 2. The molecule has 108 valence electrons. The van der Waals surface area contributed by atoms with E-state index in [9.17, 15) is 10.1 Å². The summed E-state index contributed by atoms with van der Waals surface area (Å²) in [7, 11) is 0. The van der Waals surface area contributed by atoms with Crippen LogP contribution in [0.15, 0.2) is 22.7 Å². The monoisotopic (exact) mass is 342 g/mol. The molecule has 2 fully saturated rings. The van der Waals surface area contributed by atoms with Gasteiger partial charge in [0.2, 0.25) is 0 Å². The van der Waals surface area contributed by atoms with Gasteiger partial charge in [-0.25, -0.2) is 0 Å². The summed E-state index contributed by atoms with van der Waals surface area (Å²) in [5.41, 5.74) is 1.02. The number of anilines is 1. The number of benzene rings is 1. The Hall–Kier alpha value is -1.18. The first-order valence-electron chi connectivity index (χ1n) is 6.56. The van der Waals surface area contributed by atoms with Gasteiger partial charge in [0.1, 0.15) is 0 Å². The molecule has 0 aromatic heterocycles. The van der Waals surface area contributed by atoms with Crippen molar-refractivity contribution in [2.75, 3.05) is 31.2 Å². The molecule has 1 aromatic carbocycles. The Morgan fingerprint density at radius 3 is 2.75 bits per heavy atom. The molecular formula is C13H15BrN2O4. The number of ether oxygens (including phenoxy) is 2. The van der Waals surface area contributed by atoms with Crippen molar-refractivity contribution in [1.82, 2.24) is 0 Å². The highest BCUT2D eigenvalue weighted by Crippen LogP contribution is 2.36. The van der Waals surface area contributed by atoms with Crippen molar-refractivity contribution in [1.29, 1.82) is 0 Å². The van der Waals surface area contributed by atoms with Crippen LogP contribution < -0.4 is 4.90 Å². The van der Waals surface area contributed by atoms with Crippen molar-refractivity contribution < 1.29 is 14.4 Å². The fourth-order valence-electron chi connectivity index (χ4n) is 2.79. The first kappa shape index (κ1) is 13.8. The van der Waals surface area contributed by atoms with Gasteiger partial charge in [0.25, 0.3) is 5.69 Å². The van der Waals surface area contributed by atoms with Crippen LogP contribution in [0.4, 0.5) is 11.4 Å². The topological polar surface area (TPSA) is 64.8 Å². The molecule has 0 atom stereocenters. The first-order chi connectivity index (χ1) is 9.60. The van der Waals surface area contributed by atoms with Crippen LogP contribution in [-0.2, 0) is 9.47 Å². The highest BCUT2D eigenvalue weighted by molar-refractivity contribution is 9.10. The van der Waals surface area contributed by atoms with E-state index in [-0.39, 0.29) is 5.69 Å². The molecule has 2 aliphatic rings. The van der Waals surface area contributed by atoms with E-state index in [4.69, 9.17) is 9.47 Å². The summed E-state index contributed by atoms with van der Waals surface area (Å²) in [5, 5.41) is 10.8. The second kappa shape index (κ2) is 5.31. The quantitative estimate of drug-likeness (QED) is 0.610. The lowest BCUT2D eigenvalue weighted by molar-refractivity contribution is -0.384. The van der Waals surface area contributed by atoms with Crippen LogP contribution in [0.25, 0.3) is 0 Å². The van der Waals surface area contributed by atoms with Gasteiger partial charge in [-0.15, -0.1) is 0 Å². The molecule has 20 heavy (non-hydrogen) atoms. The highest BCUT2D eigenvalue weighted by Gasteiger charge is 2.41. The summed E-state index contributed by atoms with van der Waals surface area (Å²) >= 11 is 3.42. The number of non-ortho nitro benzene ring substituents is 1. The summed E-state index contributed by atoms with van der Waals surface area (Å²) in [5.74, 6) is -0.501. The molecule has 0 N–H and O–H groups in total. The van der Waals surface area contributed by atoms with Crippen molar-refractivity contribution in [3.8, 4) is 0 Å². The zero-order valence-corrected chi connectivity index (χ0v) is 12.5. The van der Waals surface area contributed by atoms with E-state index in [0.29, 0.717) is 19.8 Å². The van der Waals surface area contributed by atoms with Crippen molar-refractivity contribution >= 4 is 27.3 Å². The molecule has 3 rings (SSSR count). The van der Waals surface area contributed by atoms with Gasteiger partial charge in [0, 0.05) is 29.6 Å². The van der Waals surface area contributed by atoms with E-state index in [1.807, 2.05) is 0 Å². The molecule has 2 aliphatic heterocycles. The Balaban J connectivity index is 1.83. The summed E-state index contributed by atoms with van der Waals surface area (Å²) < 4.78 is 12.2. The summed E-state index contributed by atoms with van der Waals surface area (Å²) in [6.07, 6.45) is 1.87. The SMILES string of the molecule is O=[N+]([O-])c1ccc(N2CCCC3(C2)OCCO3)c(Br)c1. The fraction of sp³-hybridized carbons (Fsp3) is 0.538. The number of nitrogens with zero attached hydrogens (tertiary/aromatic N) is 2. The van der Waals surface area contributed by atoms with E-state index < -0.39 is 10.7 Å². The number of nitro groups is 1. The zero-order chi connectivity index (χ0) is 14.2. The van der Waals surface area contributed by atoms with Gasteiger partial charge in [0.15, 0.2) is 5.79 Å². The number of hydrogen-bond acceptors (Lipinski definition) is 5. The van der Waals surface area contributed by atoms with E-state index >= 15 is 0 Å². The van der Waals surface area contributed by atoms with Gasteiger partial charge >= 0.3 is 0 Å². The van der Waals surface area contributed by atoms with E-state index in [1.165, 1.54) is 12.1 Å². The molecule has 0 radical (unpaired) electrons. The Kier molecular flexibility index (Phi) is 3.66. The average molecular weight is 343 g/mol. The largest absolute Gasteiger partial charge is 0.365 e. The summed E-state index contributed by atoms with van der Waals surface area (Å²) in [4.78, 5) is 12.5.